The third-order valence-corrected chi connectivity index (χ3v) is 5.74. The van der Waals surface area contributed by atoms with Crippen LogP contribution in [0.2, 0.25) is 0 Å². The molecule has 0 radical (unpaired) electrons. The maximum Gasteiger partial charge on any atom is 0.410 e. The quantitative estimate of drug-likeness (QED) is 0.888. The number of nitrogens with one attached hydrogen (secondary N) is 1. The van der Waals surface area contributed by atoms with Gasteiger partial charge in [0.1, 0.15) is 10.8 Å². The molecule has 1 amide bonds. The summed E-state index contributed by atoms with van der Waals surface area (Å²) in [6.45, 7) is 4.57. The molecule has 19 heavy (non-hydrogen) atoms. The number of thiophene rings is 1. The SMILES string of the molecule is CC(C)(CNS(=O)(=O)c1cccs1)N1CCOC1=O. The molecule has 6 nitrogen and oxygen atoms in total. The normalized spacial score (nSPS) is 16.7. The number of sulfonamides is 1. The van der Waals surface area contributed by atoms with E-state index < -0.39 is 21.7 Å². The van der Waals surface area contributed by atoms with E-state index in [0.29, 0.717) is 13.2 Å². The maximum absolute atomic E-state index is 12.0. The van der Waals surface area contributed by atoms with Crippen LogP contribution in [0.4, 0.5) is 4.79 Å². The van der Waals surface area contributed by atoms with Crippen LogP contribution in [0.25, 0.3) is 0 Å². The van der Waals surface area contributed by atoms with Gasteiger partial charge in [0.25, 0.3) is 0 Å². The molecule has 1 aromatic rings. The fraction of sp³-hybridized carbons (Fsp3) is 0.545. The lowest BCUT2D eigenvalue weighted by atomic mass is 10.0. The van der Waals surface area contributed by atoms with Crippen LogP contribution >= 0.6 is 11.3 Å². The Hall–Kier alpha value is -1.12. The van der Waals surface area contributed by atoms with Gasteiger partial charge in [0.15, 0.2) is 0 Å². The molecule has 1 aliphatic rings. The highest BCUT2D eigenvalue weighted by Crippen LogP contribution is 2.20. The van der Waals surface area contributed by atoms with Gasteiger partial charge in [-0.1, -0.05) is 6.07 Å². The summed E-state index contributed by atoms with van der Waals surface area (Å²) in [7, 11) is -3.51. The minimum Gasteiger partial charge on any atom is -0.448 e. The van der Waals surface area contributed by atoms with Crippen molar-refractivity contribution in [1.82, 2.24) is 9.62 Å². The second-order valence-corrected chi connectivity index (χ2v) is 7.78. The van der Waals surface area contributed by atoms with Crippen molar-refractivity contribution in [3.63, 3.8) is 0 Å². The van der Waals surface area contributed by atoms with Crippen LogP contribution in [0, 0.1) is 0 Å². The van der Waals surface area contributed by atoms with Crippen LogP contribution in [-0.2, 0) is 14.8 Å². The molecule has 0 saturated carbocycles. The summed E-state index contributed by atoms with van der Waals surface area (Å²) < 4.78 is 31.7. The standard InChI is InChI=1S/C11H16N2O4S2/c1-11(2,13-5-6-17-10(13)14)8-12-19(15,16)9-4-3-7-18-9/h3-4,7,12H,5-6,8H2,1-2H3. The summed E-state index contributed by atoms with van der Waals surface area (Å²) in [4.78, 5) is 13.0. The number of cyclic esters (lactones) is 1. The Labute approximate surface area is 116 Å². The number of hydrogen-bond donors (Lipinski definition) is 1. The van der Waals surface area contributed by atoms with E-state index in [0.717, 1.165) is 11.3 Å². The molecule has 1 aliphatic heterocycles. The van der Waals surface area contributed by atoms with E-state index in [1.807, 2.05) is 0 Å². The van der Waals surface area contributed by atoms with Gasteiger partial charge in [-0.3, -0.25) is 4.90 Å². The van der Waals surface area contributed by atoms with E-state index in [9.17, 15) is 13.2 Å². The van der Waals surface area contributed by atoms with Gasteiger partial charge in [0, 0.05) is 6.54 Å². The predicted octanol–water partition coefficient (Wildman–Crippen LogP) is 1.26. The third-order valence-electron chi connectivity index (χ3n) is 2.95. The Bertz CT molecular complexity index is 551. The van der Waals surface area contributed by atoms with Crippen molar-refractivity contribution in [3.05, 3.63) is 17.5 Å². The number of hydrogen-bond acceptors (Lipinski definition) is 5. The van der Waals surface area contributed by atoms with Gasteiger partial charge in [0.05, 0.1) is 12.1 Å². The first-order valence-electron chi connectivity index (χ1n) is 5.80. The summed E-state index contributed by atoms with van der Waals surface area (Å²) >= 11 is 1.16. The summed E-state index contributed by atoms with van der Waals surface area (Å²) in [5.74, 6) is 0. The van der Waals surface area contributed by atoms with Crippen LogP contribution in [0.3, 0.4) is 0 Å². The molecule has 0 atom stereocenters. The monoisotopic (exact) mass is 304 g/mol. The highest BCUT2D eigenvalue weighted by Gasteiger charge is 2.36. The van der Waals surface area contributed by atoms with E-state index in [-0.39, 0.29) is 10.8 Å². The van der Waals surface area contributed by atoms with Crippen LogP contribution in [0.15, 0.2) is 21.7 Å². The average molecular weight is 304 g/mol. The number of nitrogens with zero attached hydrogens (tertiary/aromatic N) is 1. The molecule has 0 unspecified atom stereocenters. The number of amides is 1. The first-order chi connectivity index (χ1) is 8.83. The Morgan fingerprint density at radius 1 is 1.53 bits per heavy atom. The molecule has 0 aromatic carbocycles. The van der Waals surface area contributed by atoms with E-state index in [2.05, 4.69) is 4.72 Å². The van der Waals surface area contributed by atoms with Gasteiger partial charge >= 0.3 is 6.09 Å². The molecule has 8 heteroatoms. The second-order valence-electron chi connectivity index (χ2n) is 4.84. The third kappa shape index (κ3) is 3.07. The summed E-state index contributed by atoms with van der Waals surface area (Å²) in [6.07, 6.45) is -0.402. The lowest BCUT2D eigenvalue weighted by Gasteiger charge is -2.33. The minimum atomic E-state index is -3.51. The Morgan fingerprint density at radius 3 is 2.79 bits per heavy atom. The molecule has 106 valence electrons. The topological polar surface area (TPSA) is 75.7 Å². The summed E-state index contributed by atoms with van der Waals surface area (Å²) in [6, 6.07) is 3.23. The second kappa shape index (κ2) is 5.10. The van der Waals surface area contributed by atoms with Crippen LogP contribution < -0.4 is 4.72 Å². The van der Waals surface area contributed by atoms with E-state index in [1.54, 1.807) is 31.4 Å². The van der Waals surface area contributed by atoms with E-state index in [4.69, 9.17) is 4.74 Å². The van der Waals surface area contributed by atoms with Gasteiger partial charge in [-0.05, 0) is 25.3 Å². The molecule has 1 fully saturated rings. The van der Waals surface area contributed by atoms with E-state index in [1.165, 1.54) is 4.90 Å². The number of rotatable bonds is 5. The van der Waals surface area contributed by atoms with Crippen LogP contribution in [0.5, 0.6) is 0 Å². The van der Waals surface area contributed by atoms with Crippen molar-refractivity contribution >= 4 is 27.5 Å². The molecule has 2 heterocycles. The van der Waals surface area contributed by atoms with Crippen molar-refractivity contribution in [2.45, 2.75) is 23.6 Å². The maximum atomic E-state index is 12.0. The van der Waals surface area contributed by atoms with Crippen molar-refractivity contribution in [2.24, 2.45) is 0 Å². The lowest BCUT2D eigenvalue weighted by molar-refractivity contribution is 0.127. The minimum absolute atomic E-state index is 0.141. The molecular weight excluding hydrogens is 288 g/mol. The van der Waals surface area contributed by atoms with Gasteiger partial charge < -0.3 is 4.74 Å². The smallest absolute Gasteiger partial charge is 0.410 e. The van der Waals surface area contributed by atoms with Crippen molar-refractivity contribution < 1.29 is 17.9 Å². The van der Waals surface area contributed by atoms with Crippen molar-refractivity contribution in [3.8, 4) is 0 Å². The van der Waals surface area contributed by atoms with Gasteiger partial charge in [-0.2, -0.15) is 0 Å². The zero-order valence-electron chi connectivity index (χ0n) is 10.8. The van der Waals surface area contributed by atoms with Gasteiger partial charge in [0.2, 0.25) is 10.0 Å². The predicted molar refractivity (Wildman–Crippen MR) is 71.6 cm³/mol. The summed E-state index contributed by atoms with van der Waals surface area (Å²) in [5.41, 5.74) is -0.627. The van der Waals surface area contributed by atoms with Crippen LogP contribution in [0.1, 0.15) is 13.8 Å². The molecule has 1 aromatic heterocycles. The fourth-order valence-electron chi connectivity index (χ4n) is 1.80. The molecule has 1 saturated heterocycles. The first-order valence-corrected chi connectivity index (χ1v) is 8.17. The van der Waals surface area contributed by atoms with Gasteiger partial charge in [-0.25, -0.2) is 17.9 Å². The summed E-state index contributed by atoms with van der Waals surface area (Å²) in [5, 5.41) is 1.71. The molecular formula is C11H16N2O4S2. The first kappa shape index (κ1) is 14.3. The zero-order valence-corrected chi connectivity index (χ0v) is 12.4. The largest absolute Gasteiger partial charge is 0.448 e. The molecule has 0 aliphatic carbocycles. The van der Waals surface area contributed by atoms with Crippen molar-refractivity contribution in [1.29, 1.82) is 0 Å². The van der Waals surface area contributed by atoms with Crippen molar-refractivity contribution in [2.75, 3.05) is 19.7 Å². The highest BCUT2D eigenvalue weighted by molar-refractivity contribution is 7.91. The Morgan fingerprint density at radius 2 is 2.26 bits per heavy atom. The Kier molecular flexibility index (Phi) is 3.84. The van der Waals surface area contributed by atoms with E-state index >= 15 is 0 Å². The number of carbonyl (C=O) groups excluding carboxylic acids is 1. The average Bonchev–Trinajstić information content (AvgIpc) is 2.97. The Balaban J connectivity index is 2.04. The molecule has 2 rings (SSSR count). The van der Waals surface area contributed by atoms with Gasteiger partial charge in [-0.15, -0.1) is 11.3 Å². The molecule has 0 spiro atoms. The lowest BCUT2D eigenvalue weighted by Crippen LogP contribution is -2.52. The zero-order chi connectivity index (χ0) is 14.1. The fourth-order valence-corrected chi connectivity index (χ4v) is 4.04. The molecule has 1 N–H and O–H groups in total. The molecule has 0 bridgehead atoms. The number of carbonyl (C=O) groups is 1. The van der Waals surface area contributed by atoms with Crippen LogP contribution in [-0.4, -0.2) is 44.6 Å². The highest BCUT2D eigenvalue weighted by atomic mass is 32.2. The number of ether oxygens (including phenoxy) is 1.